The summed E-state index contributed by atoms with van der Waals surface area (Å²) in [5, 5.41) is 41.2. The fourth-order valence-electron chi connectivity index (χ4n) is 12.1. The molecule has 0 aliphatic heterocycles. The van der Waals surface area contributed by atoms with Gasteiger partial charge in [0.15, 0.2) is 19.7 Å². The highest BCUT2D eigenvalue weighted by molar-refractivity contribution is 7.93. The fourth-order valence-corrected chi connectivity index (χ4v) is 14.7. The Labute approximate surface area is 497 Å². The first kappa shape index (κ1) is 63.6. The highest BCUT2D eigenvalue weighted by Crippen LogP contribution is 2.33. The molecule has 6 N–H and O–H groups in total. The van der Waals surface area contributed by atoms with Gasteiger partial charge < -0.3 is 31.5 Å². The molecule has 2 aliphatic rings. The van der Waals surface area contributed by atoms with Crippen molar-refractivity contribution in [2.24, 2.45) is 23.7 Å². The maximum absolute atomic E-state index is 15.2. The van der Waals surface area contributed by atoms with Crippen molar-refractivity contribution < 1.29 is 46.2 Å². The number of carbonyl (C=O) groups is 4. The van der Waals surface area contributed by atoms with Gasteiger partial charge in [-0.1, -0.05) is 171 Å². The number of nitrogens with one attached hydrogen (secondary N) is 4. The number of rotatable bonds is 25. The number of aliphatic hydroxyl groups is 2. The minimum atomic E-state index is -3.85. The van der Waals surface area contributed by atoms with E-state index in [1.165, 1.54) is 0 Å². The average molecular weight is 1180 g/mol. The molecule has 2 aliphatic carbocycles. The Morgan fingerprint density at radius 3 is 1.10 bits per heavy atom. The second-order valence-corrected chi connectivity index (χ2v) is 31.1. The molecule has 0 unspecified atom stereocenters. The summed E-state index contributed by atoms with van der Waals surface area (Å²) in [7, 11) is -7.70. The standard InChI is InChI=1S/C68H86N4O10S2/c1-67(2,3)83(79,80)43-53(41-51-35-21-33-47-27-17-19-37-55(47)51)63(75)71-59(49-29-13-14-30-49)65(77)69-57(39-45-23-9-7-10-24-45)61(73)62(74)58(40-46-25-11-8-12-26-46)70-66(78)60(50-31-15-16-32-50)72-64(76)54(44-84(81,82)68(4,5)6)42-52-36-22-34-48-28-18-20-38-56(48)52/h7-12,17-28,33-38,49-50,53-54,57-62,73-74H,13-16,29-32,39-44H2,1-6H3,(H,69,77)(H,70,78)(H,71,75)(H,72,76)/t53-,54-,57-,58-,59-,60-,61+,62+/m0/s1. The van der Waals surface area contributed by atoms with Crippen molar-refractivity contribution in [3.05, 3.63) is 168 Å². The van der Waals surface area contributed by atoms with E-state index in [-0.39, 0.29) is 37.5 Å². The Balaban J connectivity index is 1.09. The summed E-state index contributed by atoms with van der Waals surface area (Å²) in [6.07, 6.45) is 2.46. The van der Waals surface area contributed by atoms with E-state index in [2.05, 4.69) is 21.3 Å². The van der Waals surface area contributed by atoms with E-state index in [9.17, 15) is 36.6 Å². The molecule has 6 aromatic rings. The monoisotopic (exact) mass is 1180 g/mol. The lowest BCUT2D eigenvalue weighted by Gasteiger charge is -2.36. The van der Waals surface area contributed by atoms with Crippen LogP contribution in [0.25, 0.3) is 21.5 Å². The van der Waals surface area contributed by atoms with E-state index in [0.717, 1.165) is 69.5 Å². The van der Waals surface area contributed by atoms with Crippen molar-refractivity contribution in [3.8, 4) is 0 Å². The fraction of sp³-hybridized carbons (Fsp3) is 0.471. The summed E-state index contributed by atoms with van der Waals surface area (Å²) in [6.45, 7) is 9.63. The zero-order valence-electron chi connectivity index (χ0n) is 49.5. The predicted octanol–water partition coefficient (Wildman–Crippen LogP) is 8.96. The van der Waals surface area contributed by atoms with Crippen LogP contribution in [-0.4, -0.2) is 108 Å². The zero-order valence-corrected chi connectivity index (χ0v) is 51.1. The number of hydrogen-bond donors (Lipinski definition) is 6. The van der Waals surface area contributed by atoms with E-state index in [1.807, 2.05) is 146 Å². The Morgan fingerprint density at radius 1 is 0.429 bits per heavy atom. The van der Waals surface area contributed by atoms with Crippen molar-refractivity contribution in [2.75, 3.05) is 11.5 Å². The largest absolute Gasteiger partial charge is 0.388 e. The quantitative estimate of drug-likeness (QED) is 0.0319. The van der Waals surface area contributed by atoms with E-state index in [4.69, 9.17) is 0 Å². The molecule has 16 heteroatoms. The molecule has 2 saturated carbocycles. The average Bonchev–Trinajstić information content (AvgIpc) is 3.64. The molecule has 0 radical (unpaired) electrons. The summed E-state index contributed by atoms with van der Waals surface area (Å²) in [5.74, 6) is -6.10. The molecule has 14 nitrogen and oxygen atoms in total. The Hall–Kier alpha value is -6.46. The van der Waals surface area contributed by atoms with Gasteiger partial charge in [0.1, 0.15) is 24.3 Å². The third kappa shape index (κ3) is 16.1. The lowest BCUT2D eigenvalue weighted by Crippen LogP contribution is -2.62. The van der Waals surface area contributed by atoms with Gasteiger partial charge in [-0.2, -0.15) is 0 Å². The molecule has 6 aromatic carbocycles. The van der Waals surface area contributed by atoms with Gasteiger partial charge in [-0.05, 0) is 149 Å². The van der Waals surface area contributed by atoms with E-state index >= 15 is 9.59 Å². The number of sulfone groups is 2. The van der Waals surface area contributed by atoms with Crippen molar-refractivity contribution in [1.82, 2.24) is 21.3 Å². The van der Waals surface area contributed by atoms with Crippen molar-refractivity contribution in [3.63, 3.8) is 0 Å². The minimum Gasteiger partial charge on any atom is -0.388 e. The van der Waals surface area contributed by atoms with Crippen molar-refractivity contribution >= 4 is 64.8 Å². The van der Waals surface area contributed by atoms with Crippen LogP contribution >= 0.6 is 0 Å². The number of benzene rings is 6. The highest BCUT2D eigenvalue weighted by Gasteiger charge is 2.43. The Morgan fingerprint density at radius 2 is 0.750 bits per heavy atom. The van der Waals surface area contributed by atoms with Crippen molar-refractivity contribution in [1.29, 1.82) is 0 Å². The molecule has 0 spiro atoms. The smallest absolute Gasteiger partial charge is 0.243 e. The molecule has 8 atom stereocenters. The molecule has 450 valence electrons. The van der Waals surface area contributed by atoms with Crippen LogP contribution in [0.15, 0.2) is 146 Å². The van der Waals surface area contributed by atoms with Crippen molar-refractivity contribution in [2.45, 2.75) is 164 Å². The van der Waals surface area contributed by atoms with Gasteiger partial charge in [0.25, 0.3) is 0 Å². The normalized spacial score (nSPS) is 17.6. The SMILES string of the molecule is CC(C)(C)S(=O)(=O)C[C@H](Cc1cccc2ccccc12)C(=O)N[C@H](C(=O)N[C@@H](Cc1ccccc1)[C@@H](O)[C@H](O)[C@H](Cc1ccccc1)NC(=O)[C@@H](NC(=O)[C@@H](Cc1cccc2ccccc12)CS(=O)(=O)C(C)(C)C)C1CCCC1)C1CCCC1. The number of carbonyl (C=O) groups excluding carboxylic acids is 4. The highest BCUT2D eigenvalue weighted by atomic mass is 32.2. The first-order valence-electron chi connectivity index (χ1n) is 29.9. The van der Waals surface area contributed by atoms with Crippen LogP contribution in [0.4, 0.5) is 0 Å². The van der Waals surface area contributed by atoms with Crippen LogP contribution in [0.3, 0.4) is 0 Å². The van der Waals surface area contributed by atoms with Crippen LogP contribution in [-0.2, 0) is 64.5 Å². The van der Waals surface area contributed by atoms with Crippen LogP contribution in [0, 0.1) is 23.7 Å². The topological polar surface area (TPSA) is 225 Å². The second-order valence-electron chi connectivity index (χ2n) is 25.5. The summed E-state index contributed by atoms with van der Waals surface area (Å²) >= 11 is 0. The molecule has 0 bridgehead atoms. The summed E-state index contributed by atoms with van der Waals surface area (Å²) in [4.78, 5) is 60.1. The summed E-state index contributed by atoms with van der Waals surface area (Å²) in [6, 6.07) is 40.5. The second kappa shape index (κ2) is 27.7. The van der Waals surface area contributed by atoms with Crippen LogP contribution in [0.2, 0.25) is 0 Å². The molecular formula is C68H86N4O10S2. The number of aliphatic hydroxyl groups excluding tert-OH is 2. The van der Waals surface area contributed by atoms with E-state index in [1.54, 1.807) is 41.5 Å². The number of amides is 4. The Kier molecular flexibility index (Phi) is 21.0. The first-order chi connectivity index (χ1) is 39.9. The number of hydrogen-bond acceptors (Lipinski definition) is 10. The Bertz CT molecular complexity index is 3200. The molecular weight excluding hydrogens is 1100 g/mol. The van der Waals surface area contributed by atoms with E-state index < -0.39 is 113 Å². The van der Waals surface area contributed by atoms with Gasteiger partial charge in [-0.3, -0.25) is 19.2 Å². The first-order valence-corrected chi connectivity index (χ1v) is 33.2. The molecule has 0 aromatic heterocycles. The van der Waals surface area contributed by atoms with Gasteiger partial charge in [0, 0.05) is 0 Å². The molecule has 0 heterocycles. The summed E-state index contributed by atoms with van der Waals surface area (Å²) in [5.41, 5.74) is 3.02. The predicted molar refractivity (Wildman–Crippen MR) is 333 cm³/mol. The molecule has 84 heavy (non-hydrogen) atoms. The maximum Gasteiger partial charge on any atom is 0.243 e. The third-order valence-corrected chi connectivity index (χ3v) is 22.9. The van der Waals surface area contributed by atoms with Gasteiger partial charge in [0.2, 0.25) is 23.6 Å². The molecule has 0 saturated heterocycles. The molecule has 8 rings (SSSR count). The van der Waals surface area contributed by atoms with E-state index in [0.29, 0.717) is 25.7 Å². The van der Waals surface area contributed by atoms with Crippen LogP contribution in [0.1, 0.15) is 115 Å². The summed E-state index contributed by atoms with van der Waals surface area (Å²) < 4.78 is 53.5. The van der Waals surface area contributed by atoms with Crippen LogP contribution in [0.5, 0.6) is 0 Å². The van der Waals surface area contributed by atoms with Gasteiger partial charge in [-0.15, -0.1) is 0 Å². The lowest BCUT2D eigenvalue weighted by atomic mass is 9.89. The third-order valence-electron chi connectivity index (χ3n) is 17.5. The zero-order chi connectivity index (χ0) is 60.4. The van der Waals surface area contributed by atoms with Crippen LogP contribution < -0.4 is 21.3 Å². The minimum absolute atomic E-state index is 0.0337. The lowest BCUT2D eigenvalue weighted by molar-refractivity contribution is -0.134. The number of fused-ring (bicyclic) bond motifs is 2. The van der Waals surface area contributed by atoms with Gasteiger partial charge in [-0.25, -0.2) is 16.8 Å². The van der Waals surface area contributed by atoms with Gasteiger partial charge >= 0.3 is 0 Å². The van der Waals surface area contributed by atoms with Gasteiger partial charge in [0.05, 0.1) is 44.9 Å². The maximum atomic E-state index is 15.2. The molecule has 2 fully saturated rings. The molecule has 4 amide bonds.